The zero-order chi connectivity index (χ0) is 24.6. The van der Waals surface area contributed by atoms with Gasteiger partial charge in [0.1, 0.15) is 5.82 Å². The highest BCUT2D eigenvalue weighted by molar-refractivity contribution is 5.98. The SMILES string of the molecule is Cc1nc2cc(C(=O)N3CC(N4CCN(C(=O)c5ccccc5)CC4)C3)ccc2n1-c1ccccc1. The molecule has 0 N–H and O–H groups in total. The molecule has 0 saturated carbocycles. The van der Waals surface area contributed by atoms with E-state index in [9.17, 15) is 9.59 Å². The normalized spacial score (nSPS) is 16.8. The minimum Gasteiger partial charge on any atom is -0.336 e. The molecule has 0 unspecified atom stereocenters. The van der Waals surface area contributed by atoms with Crippen molar-refractivity contribution in [1.29, 1.82) is 0 Å². The Balaban J connectivity index is 1.07. The molecule has 2 aliphatic rings. The van der Waals surface area contributed by atoms with E-state index in [-0.39, 0.29) is 11.8 Å². The third-order valence-electron chi connectivity index (χ3n) is 7.37. The Labute approximate surface area is 210 Å². The van der Waals surface area contributed by atoms with Crippen molar-refractivity contribution in [3.63, 3.8) is 0 Å². The summed E-state index contributed by atoms with van der Waals surface area (Å²) in [4.78, 5) is 36.9. The van der Waals surface area contributed by atoms with Gasteiger partial charge in [-0.2, -0.15) is 0 Å². The molecule has 4 aromatic rings. The van der Waals surface area contributed by atoms with Crippen molar-refractivity contribution in [2.24, 2.45) is 0 Å². The average Bonchev–Trinajstić information content (AvgIpc) is 3.23. The Kier molecular flexibility index (Phi) is 5.77. The van der Waals surface area contributed by atoms with Crippen LogP contribution in [-0.4, -0.2) is 81.4 Å². The fourth-order valence-corrected chi connectivity index (χ4v) is 5.32. The van der Waals surface area contributed by atoms with Crippen LogP contribution in [0.5, 0.6) is 0 Å². The van der Waals surface area contributed by atoms with E-state index in [4.69, 9.17) is 4.98 Å². The van der Waals surface area contributed by atoms with E-state index >= 15 is 0 Å². The van der Waals surface area contributed by atoms with Crippen LogP contribution in [0.1, 0.15) is 26.5 Å². The number of aryl methyl sites for hydroxylation is 1. The first-order valence-electron chi connectivity index (χ1n) is 12.5. The number of carbonyl (C=O) groups is 2. The predicted octanol–water partition coefficient (Wildman–Crippen LogP) is 3.62. The van der Waals surface area contributed by atoms with E-state index in [1.807, 2.05) is 83.5 Å². The van der Waals surface area contributed by atoms with Crippen LogP contribution in [-0.2, 0) is 0 Å². The summed E-state index contributed by atoms with van der Waals surface area (Å²) >= 11 is 0. The molecular formula is C29H29N5O2. The molecule has 2 saturated heterocycles. The van der Waals surface area contributed by atoms with Crippen molar-refractivity contribution in [3.05, 3.63) is 95.8 Å². The van der Waals surface area contributed by atoms with Crippen molar-refractivity contribution >= 4 is 22.8 Å². The Bertz CT molecular complexity index is 1400. The Morgan fingerprint density at radius 2 is 1.39 bits per heavy atom. The van der Waals surface area contributed by atoms with Crippen LogP contribution >= 0.6 is 0 Å². The average molecular weight is 480 g/mol. The maximum absolute atomic E-state index is 13.2. The third-order valence-corrected chi connectivity index (χ3v) is 7.37. The molecule has 0 bridgehead atoms. The third kappa shape index (κ3) is 4.05. The summed E-state index contributed by atoms with van der Waals surface area (Å²) < 4.78 is 2.12. The number of fused-ring (bicyclic) bond motifs is 1. The van der Waals surface area contributed by atoms with Crippen LogP contribution in [0.2, 0.25) is 0 Å². The lowest BCUT2D eigenvalue weighted by atomic mass is 10.0. The number of likely N-dealkylation sites (tertiary alicyclic amines) is 1. The van der Waals surface area contributed by atoms with E-state index in [1.54, 1.807) is 0 Å². The summed E-state index contributed by atoms with van der Waals surface area (Å²) in [6, 6.07) is 25.8. The van der Waals surface area contributed by atoms with Gasteiger partial charge in [-0.15, -0.1) is 0 Å². The monoisotopic (exact) mass is 479 g/mol. The molecule has 3 aromatic carbocycles. The van der Waals surface area contributed by atoms with Crippen LogP contribution in [0.3, 0.4) is 0 Å². The van der Waals surface area contributed by atoms with E-state index in [2.05, 4.69) is 21.6 Å². The van der Waals surface area contributed by atoms with Gasteiger partial charge in [0.15, 0.2) is 0 Å². The van der Waals surface area contributed by atoms with E-state index in [0.29, 0.717) is 11.6 Å². The van der Waals surface area contributed by atoms with Crippen molar-refractivity contribution in [1.82, 2.24) is 24.3 Å². The number of aromatic nitrogens is 2. The predicted molar refractivity (Wildman–Crippen MR) is 139 cm³/mol. The van der Waals surface area contributed by atoms with Crippen LogP contribution in [0.15, 0.2) is 78.9 Å². The second-order valence-electron chi connectivity index (χ2n) is 9.59. The summed E-state index contributed by atoms with van der Waals surface area (Å²) in [5, 5.41) is 0. The molecule has 182 valence electrons. The molecule has 0 radical (unpaired) electrons. The van der Waals surface area contributed by atoms with Crippen LogP contribution in [0, 0.1) is 6.92 Å². The molecule has 2 aliphatic heterocycles. The zero-order valence-corrected chi connectivity index (χ0v) is 20.4. The number of benzene rings is 3. The van der Waals surface area contributed by atoms with Gasteiger partial charge >= 0.3 is 0 Å². The molecule has 0 spiro atoms. The number of para-hydroxylation sites is 1. The first-order valence-corrected chi connectivity index (χ1v) is 12.5. The minimum absolute atomic E-state index is 0.0537. The highest BCUT2D eigenvalue weighted by atomic mass is 16.2. The first kappa shape index (κ1) is 22.5. The molecule has 7 heteroatoms. The van der Waals surface area contributed by atoms with Gasteiger partial charge in [-0.05, 0) is 49.4 Å². The second-order valence-corrected chi connectivity index (χ2v) is 9.59. The molecule has 2 fully saturated rings. The van der Waals surface area contributed by atoms with E-state index < -0.39 is 0 Å². The van der Waals surface area contributed by atoms with E-state index in [1.165, 1.54) is 0 Å². The highest BCUT2D eigenvalue weighted by Gasteiger charge is 2.37. The topological polar surface area (TPSA) is 61.7 Å². The van der Waals surface area contributed by atoms with Gasteiger partial charge in [-0.1, -0.05) is 36.4 Å². The molecule has 36 heavy (non-hydrogen) atoms. The van der Waals surface area contributed by atoms with Gasteiger partial charge in [0.05, 0.1) is 11.0 Å². The standard InChI is InChI=1S/C29H29N5O2/c1-21-30-26-18-23(12-13-27(26)34(21)24-10-6-3-7-11-24)29(36)33-19-25(20-33)31-14-16-32(17-15-31)28(35)22-8-4-2-5-9-22/h2-13,18,25H,14-17,19-20H2,1H3. The lowest BCUT2D eigenvalue weighted by molar-refractivity contribution is 0.00854. The van der Waals surface area contributed by atoms with Crippen molar-refractivity contribution in [3.8, 4) is 5.69 Å². The summed E-state index contributed by atoms with van der Waals surface area (Å²) in [7, 11) is 0. The van der Waals surface area contributed by atoms with Crippen LogP contribution in [0.4, 0.5) is 0 Å². The molecule has 2 amide bonds. The van der Waals surface area contributed by atoms with Crippen molar-refractivity contribution < 1.29 is 9.59 Å². The van der Waals surface area contributed by atoms with Crippen molar-refractivity contribution in [2.75, 3.05) is 39.3 Å². The number of rotatable bonds is 4. The van der Waals surface area contributed by atoms with Crippen LogP contribution < -0.4 is 0 Å². The Hall–Kier alpha value is -3.97. The number of hydrogen-bond donors (Lipinski definition) is 0. The molecule has 7 nitrogen and oxygen atoms in total. The Morgan fingerprint density at radius 3 is 2.08 bits per heavy atom. The zero-order valence-electron chi connectivity index (χ0n) is 20.4. The van der Waals surface area contributed by atoms with E-state index in [0.717, 1.165) is 67.4 Å². The first-order chi connectivity index (χ1) is 17.6. The number of hydrogen-bond acceptors (Lipinski definition) is 4. The van der Waals surface area contributed by atoms with Gasteiger partial charge in [-0.25, -0.2) is 4.98 Å². The number of carbonyl (C=O) groups excluding carboxylic acids is 2. The summed E-state index contributed by atoms with van der Waals surface area (Å²) in [6.07, 6.45) is 0. The number of amides is 2. The highest BCUT2D eigenvalue weighted by Crippen LogP contribution is 2.25. The van der Waals surface area contributed by atoms with Crippen LogP contribution in [0.25, 0.3) is 16.7 Å². The van der Waals surface area contributed by atoms with Crippen molar-refractivity contribution in [2.45, 2.75) is 13.0 Å². The smallest absolute Gasteiger partial charge is 0.254 e. The summed E-state index contributed by atoms with van der Waals surface area (Å²) in [6.45, 7) is 6.56. The summed E-state index contributed by atoms with van der Waals surface area (Å²) in [5.41, 5.74) is 4.31. The van der Waals surface area contributed by atoms with Gasteiger partial charge < -0.3 is 9.80 Å². The maximum atomic E-state index is 13.2. The van der Waals surface area contributed by atoms with Gasteiger partial charge in [0.2, 0.25) is 0 Å². The summed E-state index contributed by atoms with van der Waals surface area (Å²) in [5.74, 6) is 1.05. The fourth-order valence-electron chi connectivity index (χ4n) is 5.32. The molecule has 0 atom stereocenters. The molecular weight excluding hydrogens is 450 g/mol. The maximum Gasteiger partial charge on any atom is 0.254 e. The quantitative estimate of drug-likeness (QED) is 0.449. The van der Waals surface area contributed by atoms with Gasteiger partial charge in [0, 0.05) is 62.1 Å². The number of imidazole rings is 1. The number of piperazine rings is 1. The fraction of sp³-hybridized carbons (Fsp3) is 0.276. The lowest BCUT2D eigenvalue weighted by Crippen LogP contribution is -2.64. The second kappa shape index (κ2) is 9.24. The molecule has 0 aliphatic carbocycles. The van der Waals surface area contributed by atoms with Gasteiger partial charge in [-0.3, -0.25) is 19.1 Å². The number of nitrogens with zero attached hydrogens (tertiary/aromatic N) is 5. The van der Waals surface area contributed by atoms with Gasteiger partial charge in [0.25, 0.3) is 11.8 Å². The molecule has 3 heterocycles. The largest absolute Gasteiger partial charge is 0.336 e. The lowest BCUT2D eigenvalue weighted by Gasteiger charge is -2.48. The molecule has 6 rings (SSSR count). The minimum atomic E-state index is 0.0537. The molecule has 1 aromatic heterocycles. The Morgan fingerprint density at radius 1 is 0.750 bits per heavy atom.